The van der Waals surface area contributed by atoms with Crippen LogP contribution in [0.4, 0.5) is 4.79 Å². The lowest BCUT2D eigenvalue weighted by molar-refractivity contribution is -0.148. The molecule has 0 aromatic rings. The molecule has 2 amide bonds. The van der Waals surface area contributed by atoms with Gasteiger partial charge in [0.1, 0.15) is 0 Å². The summed E-state index contributed by atoms with van der Waals surface area (Å²) in [6, 6.07) is -0.0346. The monoisotopic (exact) mass is 270 g/mol. The maximum Gasteiger partial charge on any atom is 0.319 e. The van der Waals surface area contributed by atoms with Crippen molar-refractivity contribution < 1.29 is 14.7 Å². The first kappa shape index (κ1) is 15.8. The smallest absolute Gasteiger partial charge is 0.319 e. The summed E-state index contributed by atoms with van der Waals surface area (Å²) in [5, 5.41) is 9.42. The number of carbonyl (C=O) groups is 2. The number of hydrogen-bond donors (Lipinski definition) is 1. The Morgan fingerprint density at radius 2 is 2.00 bits per heavy atom. The SMILES string of the molecule is CCCCN(C)C(=O)N1CCC(CCC)(C(=O)O)C1. The first-order chi connectivity index (χ1) is 8.96. The Bertz CT molecular complexity index is 333. The van der Waals surface area contributed by atoms with Crippen molar-refractivity contribution in [3.63, 3.8) is 0 Å². The van der Waals surface area contributed by atoms with Crippen LogP contribution in [0.25, 0.3) is 0 Å². The third-order valence-electron chi connectivity index (χ3n) is 3.98. The molecule has 1 unspecified atom stereocenters. The zero-order valence-corrected chi connectivity index (χ0v) is 12.3. The van der Waals surface area contributed by atoms with E-state index in [0.717, 1.165) is 25.8 Å². The molecule has 19 heavy (non-hydrogen) atoms. The summed E-state index contributed by atoms with van der Waals surface area (Å²) in [5.74, 6) is -0.763. The Morgan fingerprint density at radius 3 is 2.53 bits per heavy atom. The van der Waals surface area contributed by atoms with E-state index in [9.17, 15) is 14.7 Å². The van der Waals surface area contributed by atoms with Crippen LogP contribution in [0.1, 0.15) is 46.0 Å². The van der Waals surface area contributed by atoms with Crippen LogP contribution in [0.15, 0.2) is 0 Å². The van der Waals surface area contributed by atoms with Gasteiger partial charge in [-0.25, -0.2) is 4.79 Å². The standard InChI is InChI=1S/C14H26N2O3/c1-4-6-9-15(3)13(19)16-10-8-14(11-16,7-5-2)12(17)18/h4-11H2,1-3H3,(H,17,18). The minimum atomic E-state index is -0.763. The quantitative estimate of drug-likeness (QED) is 0.806. The lowest BCUT2D eigenvalue weighted by Crippen LogP contribution is -2.42. The molecule has 1 saturated heterocycles. The molecular weight excluding hydrogens is 244 g/mol. The molecule has 0 aliphatic carbocycles. The number of likely N-dealkylation sites (tertiary alicyclic amines) is 1. The van der Waals surface area contributed by atoms with E-state index in [1.165, 1.54) is 0 Å². The maximum absolute atomic E-state index is 12.2. The van der Waals surface area contributed by atoms with Gasteiger partial charge in [-0.3, -0.25) is 4.79 Å². The zero-order valence-electron chi connectivity index (χ0n) is 12.3. The van der Waals surface area contributed by atoms with Crippen molar-refractivity contribution in [1.82, 2.24) is 9.80 Å². The molecular formula is C14H26N2O3. The van der Waals surface area contributed by atoms with Crippen LogP contribution in [0.5, 0.6) is 0 Å². The van der Waals surface area contributed by atoms with Gasteiger partial charge in [0.25, 0.3) is 0 Å². The zero-order chi connectivity index (χ0) is 14.5. The van der Waals surface area contributed by atoms with E-state index in [4.69, 9.17) is 0 Å². The number of carboxylic acids is 1. The number of unbranched alkanes of at least 4 members (excludes halogenated alkanes) is 1. The fourth-order valence-electron chi connectivity index (χ4n) is 2.73. The number of urea groups is 1. The second-order valence-corrected chi connectivity index (χ2v) is 5.56. The molecule has 5 heteroatoms. The van der Waals surface area contributed by atoms with Crippen LogP contribution < -0.4 is 0 Å². The summed E-state index contributed by atoms with van der Waals surface area (Å²) in [5.41, 5.74) is -0.726. The highest BCUT2D eigenvalue weighted by atomic mass is 16.4. The second kappa shape index (κ2) is 6.78. The van der Waals surface area contributed by atoms with Gasteiger partial charge in [-0.05, 0) is 19.3 Å². The van der Waals surface area contributed by atoms with Crippen LogP contribution in [-0.2, 0) is 4.79 Å². The maximum atomic E-state index is 12.2. The Labute approximate surface area is 115 Å². The number of nitrogens with zero attached hydrogens (tertiary/aromatic N) is 2. The summed E-state index contributed by atoms with van der Waals surface area (Å²) in [4.78, 5) is 27.1. The topological polar surface area (TPSA) is 60.9 Å². The van der Waals surface area contributed by atoms with E-state index in [0.29, 0.717) is 25.9 Å². The fourth-order valence-corrected chi connectivity index (χ4v) is 2.73. The second-order valence-electron chi connectivity index (χ2n) is 5.56. The number of rotatable bonds is 6. The van der Waals surface area contributed by atoms with Gasteiger partial charge in [0, 0.05) is 26.7 Å². The first-order valence-corrected chi connectivity index (χ1v) is 7.20. The Balaban J connectivity index is 2.63. The van der Waals surface area contributed by atoms with Crippen molar-refractivity contribution in [3.8, 4) is 0 Å². The lowest BCUT2D eigenvalue weighted by atomic mass is 9.83. The third-order valence-corrected chi connectivity index (χ3v) is 3.98. The Hall–Kier alpha value is -1.26. The summed E-state index contributed by atoms with van der Waals surface area (Å²) in [7, 11) is 1.79. The fraction of sp³-hybridized carbons (Fsp3) is 0.857. The van der Waals surface area contributed by atoms with Crippen molar-refractivity contribution in [2.75, 3.05) is 26.7 Å². The van der Waals surface area contributed by atoms with Crippen LogP contribution in [0, 0.1) is 5.41 Å². The molecule has 1 aliphatic heterocycles. The van der Waals surface area contributed by atoms with Gasteiger partial charge in [-0.1, -0.05) is 26.7 Å². The molecule has 1 rings (SSSR count). The van der Waals surface area contributed by atoms with Gasteiger partial charge in [0.2, 0.25) is 0 Å². The van der Waals surface area contributed by atoms with Crippen molar-refractivity contribution in [3.05, 3.63) is 0 Å². The predicted octanol–water partition coefficient (Wildman–Crippen LogP) is 2.42. The lowest BCUT2D eigenvalue weighted by Gasteiger charge is -2.27. The Morgan fingerprint density at radius 1 is 1.32 bits per heavy atom. The number of amides is 2. The molecule has 1 fully saturated rings. The predicted molar refractivity (Wildman–Crippen MR) is 74.1 cm³/mol. The third kappa shape index (κ3) is 3.61. The van der Waals surface area contributed by atoms with Gasteiger partial charge in [-0.15, -0.1) is 0 Å². The highest BCUT2D eigenvalue weighted by Gasteiger charge is 2.45. The molecule has 0 spiro atoms. The highest BCUT2D eigenvalue weighted by Crippen LogP contribution is 2.35. The van der Waals surface area contributed by atoms with Crippen molar-refractivity contribution in [2.24, 2.45) is 5.41 Å². The molecule has 0 saturated carbocycles. The van der Waals surface area contributed by atoms with Crippen LogP contribution >= 0.6 is 0 Å². The van der Waals surface area contributed by atoms with E-state index in [1.54, 1.807) is 16.8 Å². The molecule has 0 aromatic heterocycles. The minimum Gasteiger partial charge on any atom is -0.481 e. The average molecular weight is 270 g/mol. The van der Waals surface area contributed by atoms with E-state index in [-0.39, 0.29) is 6.03 Å². The van der Waals surface area contributed by atoms with Gasteiger partial charge < -0.3 is 14.9 Å². The van der Waals surface area contributed by atoms with Crippen molar-refractivity contribution in [1.29, 1.82) is 0 Å². The average Bonchev–Trinajstić information content (AvgIpc) is 2.81. The van der Waals surface area contributed by atoms with E-state index >= 15 is 0 Å². The van der Waals surface area contributed by atoms with Gasteiger partial charge >= 0.3 is 12.0 Å². The van der Waals surface area contributed by atoms with E-state index in [2.05, 4.69) is 6.92 Å². The molecule has 5 nitrogen and oxygen atoms in total. The van der Waals surface area contributed by atoms with E-state index in [1.807, 2.05) is 6.92 Å². The number of carboxylic acid groups (broad SMARTS) is 1. The van der Waals surface area contributed by atoms with Crippen molar-refractivity contribution >= 4 is 12.0 Å². The molecule has 1 aliphatic rings. The molecule has 0 aromatic carbocycles. The van der Waals surface area contributed by atoms with Crippen LogP contribution in [0.3, 0.4) is 0 Å². The summed E-state index contributed by atoms with van der Waals surface area (Å²) >= 11 is 0. The molecule has 1 heterocycles. The van der Waals surface area contributed by atoms with Crippen molar-refractivity contribution in [2.45, 2.75) is 46.0 Å². The molecule has 110 valence electrons. The van der Waals surface area contributed by atoms with Gasteiger partial charge in [0.05, 0.1) is 5.41 Å². The Kier molecular flexibility index (Phi) is 5.63. The van der Waals surface area contributed by atoms with Crippen LogP contribution in [-0.4, -0.2) is 53.6 Å². The molecule has 1 N–H and O–H groups in total. The molecule has 0 radical (unpaired) electrons. The molecule has 1 atom stereocenters. The number of hydrogen-bond acceptors (Lipinski definition) is 2. The van der Waals surface area contributed by atoms with Crippen LogP contribution in [0.2, 0.25) is 0 Å². The first-order valence-electron chi connectivity index (χ1n) is 7.20. The molecule has 0 bridgehead atoms. The van der Waals surface area contributed by atoms with Gasteiger partial charge in [0.15, 0.2) is 0 Å². The normalized spacial score (nSPS) is 22.6. The summed E-state index contributed by atoms with van der Waals surface area (Å²) in [6.45, 7) is 5.72. The largest absolute Gasteiger partial charge is 0.481 e. The number of aliphatic carboxylic acids is 1. The number of carbonyl (C=O) groups excluding carboxylic acids is 1. The summed E-state index contributed by atoms with van der Waals surface area (Å²) in [6.07, 6.45) is 4.08. The highest BCUT2D eigenvalue weighted by molar-refractivity contribution is 5.79. The van der Waals surface area contributed by atoms with Gasteiger partial charge in [-0.2, -0.15) is 0 Å². The van der Waals surface area contributed by atoms with E-state index < -0.39 is 11.4 Å². The summed E-state index contributed by atoms with van der Waals surface area (Å²) < 4.78 is 0. The minimum absolute atomic E-state index is 0.0346.